The third-order valence-corrected chi connectivity index (χ3v) is 6.18. The van der Waals surface area contributed by atoms with Gasteiger partial charge in [0.05, 0.1) is 22.5 Å². The molecule has 5 rings (SSSR count). The fourth-order valence-electron chi connectivity index (χ4n) is 4.20. The van der Waals surface area contributed by atoms with Gasteiger partial charge in [-0.2, -0.15) is 26.3 Å². The number of amidine groups is 2. The van der Waals surface area contributed by atoms with E-state index in [1.807, 2.05) is 0 Å². The van der Waals surface area contributed by atoms with Gasteiger partial charge in [-0.15, -0.1) is 0 Å². The zero-order valence-electron chi connectivity index (χ0n) is 20.7. The largest absolute Gasteiger partial charge is 0.416 e. The molecule has 4 aromatic rings. The summed E-state index contributed by atoms with van der Waals surface area (Å²) in [5.41, 5.74) is -2.09. The topological polar surface area (TPSA) is 105 Å². The van der Waals surface area contributed by atoms with Gasteiger partial charge in [0.1, 0.15) is 11.7 Å². The number of anilines is 4. The molecule has 4 N–H and O–H groups in total. The molecule has 0 saturated carbocycles. The van der Waals surface area contributed by atoms with Crippen LogP contribution >= 0.6 is 0 Å². The van der Waals surface area contributed by atoms with Crippen molar-refractivity contribution in [2.45, 2.75) is 12.4 Å². The number of rotatable bonds is 3. The van der Waals surface area contributed by atoms with Crippen molar-refractivity contribution in [3.05, 3.63) is 113 Å². The van der Waals surface area contributed by atoms with Crippen molar-refractivity contribution in [1.82, 2.24) is 4.98 Å². The van der Waals surface area contributed by atoms with Gasteiger partial charge in [0.25, 0.3) is 5.91 Å². The standard InChI is InChI=1S/C28H18F6N6O/c29-27(30,31)17-12-16(13-18(14-17)28(32,33)34)26(41)38-19-9-7-15(8-10-19)23(35)40-22-6-3-11-37-25(22)39-21-5-2-1-4-20(21)24(40)36/h1-14,35-36H,(H,37,39)(H,38,41). The van der Waals surface area contributed by atoms with Gasteiger partial charge in [0.15, 0.2) is 5.82 Å². The number of hydrogen-bond acceptors (Lipinski definition) is 5. The molecule has 0 atom stereocenters. The van der Waals surface area contributed by atoms with E-state index < -0.39 is 35.0 Å². The Morgan fingerprint density at radius 1 is 0.829 bits per heavy atom. The van der Waals surface area contributed by atoms with Gasteiger partial charge in [0, 0.05) is 28.6 Å². The molecule has 2 heterocycles. The summed E-state index contributed by atoms with van der Waals surface area (Å²) in [7, 11) is 0. The second kappa shape index (κ2) is 10.1. The number of aromatic nitrogens is 1. The number of carbonyl (C=O) groups excluding carboxylic acids is 1. The van der Waals surface area contributed by atoms with Crippen molar-refractivity contribution in [3.8, 4) is 0 Å². The normalized spacial score (nSPS) is 13.0. The van der Waals surface area contributed by atoms with Gasteiger partial charge >= 0.3 is 12.4 Å². The molecule has 3 aromatic carbocycles. The van der Waals surface area contributed by atoms with Gasteiger partial charge < -0.3 is 10.6 Å². The average Bonchev–Trinajstić information content (AvgIpc) is 3.05. The summed E-state index contributed by atoms with van der Waals surface area (Å²) in [5.74, 6) is -0.892. The van der Waals surface area contributed by atoms with E-state index in [0.29, 0.717) is 40.5 Å². The number of pyridine rings is 1. The predicted molar refractivity (Wildman–Crippen MR) is 141 cm³/mol. The fourth-order valence-corrected chi connectivity index (χ4v) is 4.20. The molecule has 208 valence electrons. The maximum Gasteiger partial charge on any atom is 0.416 e. The Hall–Kier alpha value is -5.20. The minimum Gasteiger partial charge on any atom is -0.338 e. The van der Waals surface area contributed by atoms with Crippen LogP contribution in [0.4, 0.5) is 49.2 Å². The molecule has 13 heteroatoms. The zero-order chi connectivity index (χ0) is 29.5. The summed E-state index contributed by atoms with van der Waals surface area (Å²) in [6, 6.07) is 16.5. The number of nitrogens with zero attached hydrogens (tertiary/aromatic N) is 2. The minimum atomic E-state index is -5.09. The molecule has 0 fully saturated rings. The molecule has 41 heavy (non-hydrogen) atoms. The van der Waals surface area contributed by atoms with Crippen molar-refractivity contribution >= 4 is 40.5 Å². The molecule has 1 aromatic heterocycles. The Bertz CT molecular complexity index is 1650. The Morgan fingerprint density at radius 2 is 1.46 bits per heavy atom. The van der Waals surface area contributed by atoms with Crippen LogP contribution in [-0.4, -0.2) is 22.6 Å². The summed E-state index contributed by atoms with van der Waals surface area (Å²) in [4.78, 5) is 18.3. The summed E-state index contributed by atoms with van der Waals surface area (Å²) >= 11 is 0. The maximum atomic E-state index is 13.2. The van der Waals surface area contributed by atoms with Gasteiger partial charge in [-0.1, -0.05) is 12.1 Å². The number of alkyl halides is 6. The van der Waals surface area contributed by atoms with Crippen LogP contribution in [0, 0.1) is 10.8 Å². The van der Waals surface area contributed by atoms with Crippen LogP contribution in [0.25, 0.3) is 0 Å². The summed E-state index contributed by atoms with van der Waals surface area (Å²) in [6.45, 7) is 0. The van der Waals surface area contributed by atoms with E-state index in [0.717, 1.165) is 0 Å². The Morgan fingerprint density at radius 3 is 2.10 bits per heavy atom. The first-order chi connectivity index (χ1) is 19.3. The summed E-state index contributed by atoms with van der Waals surface area (Å²) < 4.78 is 79.1. The maximum absolute atomic E-state index is 13.2. The number of amides is 1. The van der Waals surface area contributed by atoms with E-state index >= 15 is 0 Å². The molecule has 1 aliphatic heterocycles. The quantitative estimate of drug-likeness (QED) is 0.118. The molecule has 7 nitrogen and oxygen atoms in total. The van der Waals surface area contributed by atoms with Gasteiger partial charge in [-0.25, -0.2) is 4.98 Å². The predicted octanol–water partition coefficient (Wildman–Crippen LogP) is 7.29. The lowest BCUT2D eigenvalue weighted by Gasteiger charge is -2.25. The highest BCUT2D eigenvalue weighted by atomic mass is 19.4. The summed E-state index contributed by atoms with van der Waals surface area (Å²) in [5, 5.41) is 23.1. The highest BCUT2D eigenvalue weighted by Gasteiger charge is 2.37. The Balaban J connectivity index is 1.42. The molecule has 0 aliphatic carbocycles. The van der Waals surface area contributed by atoms with Crippen molar-refractivity contribution in [1.29, 1.82) is 10.8 Å². The molecule has 0 saturated heterocycles. The average molecular weight is 568 g/mol. The third kappa shape index (κ3) is 5.46. The molecule has 0 bridgehead atoms. The Labute approximate surface area is 228 Å². The van der Waals surface area contributed by atoms with Crippen LogP contribution in [0.2, 0.25) is 0 Å². The number of fused-ring (bicyclic) bond motifs is 2. The number of benzene rings is 3. The van der Waals surface area contributed by atoms with Crippen LogP contribution < -0.4 is 15.5 Å². The molecule has 0 unspecified atom stereocenters. The van der Waals surface area contributed by atoms with Crippen LogP contribution in [0.3, 0.4) is 0 Å². The van der Waals surface area contributed by atoms with E-state index in [2.05, 4.69) is 15.6 Å². The molecule has 1 aliphatic rings. The molecule has 0 radical (unpaired) electrons. The monoisotopic (exact) mass is 568 g/mol. The first-order valence-corrected chi connectivity index (χ1v) is 11.8. The fraction of sp³-hybridized carbons (Fsp3) is 0.0714. The highest BCUT2D eigenvalue weighted by Crippen LogP contribution is 2.37. The lowest BCUT2D eigenvalue weighted by Crippen LogP contribution is -2.36. The third-order valence-electron chi connectivity index (χ3n) is 6.18. The van der Waals surface area contributed by atoms with E-state index in [1.54, 1.807) is 42.6 Å². The molecular formula is C28H18F6N6O. The van der Waals surface area contributed by atoms with E-state index in [1.165, 1.54) is 29.2 Å². The van der Waals surface area contributed by atoms with E-state index in [9.17, 15) is 31.1 Å². The number of para-hydroxylation sites is 1. The van der Waals surface area contributed by atoms with Crippen molar-refractivity contribution in [2.24, 2.45) is 0 Å². The van der Waals surface area contributed by atoms with Crippen LogP contribution in [0.1, 0.15) is 32.6 Å². The number of halogens is 6. The SMILES string of the molecule is N=C(c1ccc(NC(=O)c2cc(C(F)(F)F)cc(C(F)(F)F)c2)cc1)N1C(=N)c2ccccc2Nc2ncccc21. The van der Waals surface area contributed by atoms with Gasteiger partial charge in [-0.05, 0) is 66.7 Å². The highest BCUT2D eigenvalue weighted by molar-refractivity contribution is 6.30. The van der Waals surface area contributed by atoms with Crippen molar-refractivity contribution in [3.63, 3.8) is 0 Å². The molecule has 1 amide bonds. The number of nitrogens with one attached hydrogen (secondary N) is 4. The first kappa shape index (κ1) is 27.4. The van der Waals surface area contributed by atoms with Crippen LogP contribution in [0.15, 0.2) is 85.1 Å². The summed E-state index contributed by atoms with van der Waals surface area (Å²) in [6.07, 6.45) is -8.63. The van der Waals surface area contributed by atoms with Crippen molar-refractivity contribution < 1.29 is 31.1 Å². The lowest BCUT2D eigenvalue weighted by molar-refractivity contribution is -0.143. The smallest absolute Gasteiger partial charge is 0.338 e. The van der Waals surface area contributed by atoms with Gasteiger partial charge in [-0.3, -0.25) is 20.5 Å². The number of carbonyl (C=O) groups is 1. The molecular weight excluding hydrogens is 550 g/mol. The second-order valence-corrected chi connectivity index (χ2v) is 8.90. The minimum absolute atomic E-state index is 0.00718. The number of hydrogen-bond donors (Lipinski definition) is 4. The Kier molecular flexibility index (Phi) is 6.73. The van der Waals surface area contributed by atoms with Crippen LogP contribution in [-0.2, 0) is 12.4 Å². The van der Waals surface area contributed by atoms with E-state index in [4.69, 9.17) is 10.8 Å². The first-order valence-electron chi connectivity index (χ1n) is 11.8. The molecule has 0 spiro atoms. The lowest BCUT2D eigenvalue weighted by atomic mass is 10.0. The van der Waals surface area contributed by atoms with Gasteiger partial charge in [0.2, 0.25) is 0 Å². The van der Waals surface area contributed by atoms with Crippen molar-refractivity contribution in [2.75, 3.05) is 15.5 Å². The zero-order valence-corrected chi connectivity index (χ0v) is 20.7. The van der Waals surface area contributed by atoms with Crippen LogP contribution in [0.5, 0.6) is 0 Å². The van der Waals surface area contributed by atoms with E-state index in [-0.39, 0.29) is 23.4 Å². The second-order valence-electron chi connectivity index (χ2n) is 8.90.